The summed E-state index contributed by atoms with van der Waals surface area (Å²) < 4.78 is 0. The molecule has 14 heavy (non-hydrogen) atoms. The van der Waals surface area contributed by atoms with Gasteiger partial charge in [-0.3, -0.25) is 0 Å². The van der Waals surface area contributed by atoms with Crippen molar-refractivity contribution in [3.63, 3.8) is 0 Å². The first-order valence-corrected chi connectivity index (χ1v) is 5.25. The lowest BCUT2D eigenvalue weighted by Crippen LogP contribution is -2.05. The van der Waals surface area contributed by atoms with Gasteiger partial charge < -0.3 is 11.1 Å². The Bertz CT molecular complexity index is 269. The molecule has 0 saturated heterocycles. The molecule has 1 rings (SSSR count). The molecule has 0 aliphatic rings. The Labute approximate surface area is 86.5 Å². The van der Waals surface area contributed by atoms with E-state index in [-0.39, 0.29) is 0 Å². The number of nitrogens with two attached hydrogens (primary N) is 1. The van der Waals surface area contributed by atoms with Crippen molar-refractivity contribution in [2.75, 3.05) is 11.9 Å². The fourth-order valence-corrected chi connectivity index (χ4v) is 1.31. The molecule has 0 spiro atoms. The summed E-state index contributed by atoms with van der Waals surface area (Å²) in [4.78, 5) is 0. The molecule has 3 N–H and O–H groups in total. The minimum absolute atomic E-state index is 0.611. The minimum atomic E-state index is 0.611. The van der Waals surface area contributed by atoms with Crippen molar-refractivity contribution in [1.82, 2.24) is 0 Å². The monoisotopic (exact) mass is 192 g/mol. The zero-order chi connectivity index (χ0) is 10.4. The maximum atomic E-state index is 5.57. The van der Waals surface area contributed by atoms with E-state index in [2.05, 4.69) is 31.3 Å². The average Bonchev–Trinajstić information content (AvgIpc) is 2.18. The lowest BCUT2D eigenvalue weighted by atomic mass is 10.1. The van der Waals surface area contributed by atoms with Crippen molar-refractivity contribution in [2.24, 2.45) is 11.7 Å². The number of anilines is 1. The zero-order valence-electron chi connectivity index (χ0n) is 9.09. The largest absolute Gasteiger partial charge is 0.385 e. The van der Waals surface area contributed by atoms with Gasteiger partial charge in [-0.25, -0.2) is 0 Å². The van der Waals surface area contributed by atoms with Gasteiger partial charge in [0.05, 0.1) is 0 Å². The third kappa shape index (κ3) is 3.79. The van der Waals surface area contributed by atoms with Crippen LogP contribution in [0.3, 0.4) is 0 Å². The Morgan fingerprint density at radius 1 is 1.36 bits per heavy atom. The minimum Gasteiger partial charge on any atom is -0.385 e. The summed E-state index contributed by atoms with van der Waals surface area (Å²) in [7, 11) is 0. The molecular formula is C12H20N2. The average molecular weight is 192 g/mol. The maximum absolute atomic E-state index is 5.57. The van der Waals surface area contributed by atoms with Gasteiger partial charge in [0.2, 0.25) is 0 Å². The zero-order valence-corrected chi connectivity index (χ0v) is 9.09. The predicted molar refractivity (Wildman–Crippen MR) is 62.3 cm³/mol. The summed E-state index contributed by atoms with van der Waals surface area (Å²) in [5.74, 6) is 0.750. The van der Waals surface area contributed by atoms with E-state index in [9.17, 15) is 0 Å². The molecule has 2 nitrogen and oxygen atoms in total. The van der Waals surface area contributed by atoms with Crippen LogP contribution in [-0.2, 0) is 6.54 Å². The van der Waals surface area contributed by atoms with Crippen LogP contribution < -0.4 is 11.1 Å². The molecule has 0 unspecified atom stereocenters. The predicted octanol–water partition coefficient (Wildman–Crippen LogP) is 2.60. The van der Waals surface area contributed by atoms with Crippen molar-refractivity contribution >= 4 is 5.69 Å². The summed E-state index contributed by atoms with van der Waals surface area (Å²) in [5, 5.41) is 3.40. The Hall–Kier alpha value is -1.02. The van der Waals surface area contributed by atoms with E-state index in [4.69, 9.17) is 5.73 Å². The van der Waals surface area contributed by atoms with E-state index in [1.807, 2.05) is 12.1 Å². The van der Waals surface area contributed by atoms with Crippen LogP contribution in [0.5, 0.6) is 0 Å². The second-order valence-corrected chi connectivity index (χ2v) is 4.01. The van der Waals surface area contributed by atoms with Gasteiger partial charge in [0.25, 0.3) is 0 Å². The molecule has 0 aliphatic heterocycles. The summed E-state index contributed by atoms with van der Waals surface area (Å²) in [6.07, 6.45) is 1.20. The summed E-state index contributed by atoms with van der Waals surface area (Å²) in [5.41, 5.74) is 7.92. The molecular weight excluding hydrogens is 172 g/mol. The van der Waals surface area contributed by atoms with Crippen molar-refractivity contribution in [1.29, 1.82) is 0 Å². The first-order chi connectivity index (χ1) is 6.72. The van der Waals surface area contributed by atoms with Gasteiger partial charge >= 0.3 is 0 Å². The number of nitrogens with one attached hydrogen (secondary N) is 1. The highest BCUT2D eigenvalue weighted by Gasteiger charge is 1.95. The van der Waals surface area contributed by atoms with E-state index < -0.39 is 0 Å². The molecule has 0 fully saturated rings. The van der Waals surface area contributed by atoms with Crippen LogP contribution in [0.4, 0.5) is 5.69 Å². The highest BCUT2D eigenvalue weighted by Crippen LogP contribution is 2.10. The van der Waals surface area contributed by atoms with Crippen LogP contribution in [0.25, 0.3) is 0 Å². The van der Waals surface area contributed by atoms with Crippen molar-refractivity contribution in [3.8, 4) is 0 Å². The topological polar surface area (TPSA) is 38.0 Å². The summed E-state index contributed by atoms with van der Waals surface area (Å²) in [6, 6.07) is 8.29. The Morgan fingerprint density at radius 3 is 2.79 bits per heavy atom. The molecule has 1 aromatic rings. The maximum Gasteiger partial charge on any atom is 0.0343 e. The number of benzene rings is 1. The summed E-state index contributed by atoms with van der Waals surface area (Å²) in [6.45, 7) is 6.11. The normalized spacial score (nSPS) is 10.6. The molecule has 78 valence electrons. The molecule has 0 saturated carbocycles. The van der Waals surface area contributed by atoms with Gasteiger partial charge in [0.15, 0.2) is 0 Å². The summed E-state index contributed by atoms with van der Waals surface area (Å²) >= 11 is 0. The van der Waals surface area contributed by atoms with Crippen LogP contribution >= 0.6 is 0 Å². The highest BCUT2D eigenvalue weighted by molar-refractivity contribution is 5.45. The van der Waals surface area contributed by atoms with E-state index in [1.54, 1.807) is 0 Å². The first kappa shape index (κ1) is 11.1. The Balaban J connectivity index is 2.42. The van der Waals surface area contributed by atoms with E-state index in [0.29, 0.717) is 6.54 Å². The Kier molecular flexibility index (Phi) is 4.47. The molecule has 0 heterocycles. The molecule has 0 radical (unpaired) electrons. The van der Waals surface area contributed by atoms with Gasteiger partial charge in [-0.2, -0.15) is 0 Å². The first-order valence-electron chi connectivity index (χ1n) is 5.25. The van der Waals surface area contributed by atoms with Crippen molar-refractivity contribution in [3.05, 3.63) is 29.8 Å². The van der Waals surface area contributed by atoms with Gasteiger partial charge in [-0.15, -0.1) is 0 Å². The number of hydrogen-bond donors (Lipinski definition) is 2. The quantitative estimate of drug-likeness (QED) is 0.752. The third-order valence-electron chi connectivity index (χ3n) is 2.21. The molecule has 0 bridgehead atoms. The van der Waals surface area contributed by atoms with Crippen LogP contribution in [0, 0.1) is 5.92 Å². The molecule has 1 aromatic carbocycles. The Morgan fingerprint density at radius 2 is 2.14 bits per heavy atom. The van der Waals surface area contributed by atoms with Crippen molar-refractivity contribution in [2.45, 2.75) is 26.8 Å². The van der Waals surface area contributed by atoms with Gasteiger partial charge in [-0.1, -0.05) is 26.0 Å². The molecule has 0 amide bonds. The van der Waals surface area contributed by atoms with Crippen molar-refractivity contribution < 1.29 is 0 Å². The molecule has 0 aliphatic carbocycles. The molecule has 2 heteroatoms. The highest BCUT2D eigenvalue weighted by atomic mass is 14.9. The second kappa shape index (κ2) is 5.66. The van der Waals surface area contributed by atoms with Crippen LogP contribution in [0.1, 0.15) is 25.8 Å². The van der Waals surface area contributed by atoms with Gasteiger partial charge in [0.1, 0.15) is 0 Å². The smallest absolute Gasteiger partial charge is 0.0343 e. The van der Waals surface area contributed by atoms with Gasteiger partial charge in [0, 0.05) is 18.8 Å². The fourth-order valence-electron chi connectivity index (χ4n) is 1.31. The van der Waals surface area contributed by atoms with Crippen LogP contribution in [0.15, 0.2) is 24.3 Å². The third-order valence-corrected chi connectivity index (χ3v) is 2.21. The van der Waals surface area contributed by atoms with Crippen LogP contribution in [-0.4, -0.2) is 6.54 Å². The standard InChI is InChI=1S/C12H20N2/c1-10(2)6-7-14-12-5-3-4-11(8-12)9-13/h3-5,8,10,14H,6-7,9,13H2,1-2H3. The second-order valence-electron chi connectivity index (χ2n) is 4.01. The molecule has 0 atom stereocenters. The van der Waals surface area contributed by atoms with E-state index in [0.717, 1.165) is 12.5 Å². The van der Waals surface area contributed by atoms with Crippen LogP contribution in [0.2, 0.25) is 0 Å². The number of hydrogen-bond acceptors (Lipinski definition) is 2. The molecule has 0 aromatic heterocycles. The number of rotatable bonds is 5. The van der Waals surface area contributed by atoms with Gasteiger partial charge in [-0.05, 0) is 30.0 Å². The SMILES string of the molecule is CC(C)CCNc1cccc(CN)c1. The fraction of sp³-hybridized carbons (Fsp3) is 0.500. The van der Waals surface area contributed by atoms with E-state index >= 15 is 0 Å². The van der Waals surface area contributed by atoms with E-state index in [1.165, 1.54) is 17.7 Å². The lowest BCUT2D eigenvalue weighted by molar-refractivity contribution is 0.607. The lowest BCUT2D eigenvalue weighted by Gasteiger charge is -2.09.